The molecule has 1 amide bonds. The van der Waals surface area contributed by atoms with Gasteiger partial charge in [-0.15, -0.1) is 0 Å². The van der Waals surface area contributed by atoms with Crippen molar-refractivity contribution in [2.75, 3.05) is 18.8 Å². The van der Waals surface area contributed by atoms with Crippen LogP contribution in [0.15, 0.2) is 24.5 Å². The van der Waals surface area contributed by atoms with Gasteiger partial charge in [0.25, 0.3) is 5.91 Å². The number of carbonyl (C=O) groups excluding carboxylic acids is 1. The smallest absolute Gasteiger partial charge is 0.253 e. The van der Waals surface area contributed by atoms with Crippen LogP contribution in [0.1, 0.15) is 23.7 Å². The van der Waals surface area contributed by atoms with Crippen LogP contribution in [0, 0.1) is 0 Å². The summed E-state index contributed by atoms with van der Waals surface area (Å²) in [5, 5.41) is 0.577. The number of carbonyl (C=O) groups is 1. The van der Waals surface area contributed by atoms with Crippen LogP contribution < -0.4 is 0 Å². The quantitative estimate of drug-likeness (QED) is 0.916. The van der Waals surface area contributed by atoms with Gasteiger partial charge in [-0.3, -0.25) is 4.79 Å². The number of fused-ring (bicyclic) bond motifs is 1. The Bertz CT molecular complexity index is 595. The average molecular weight is 275 g/mol. The number of hydrogen-bond acceptors (Lipinski definition) is 3. The molecule has 5 heteroatoms. The molecular weight excluding hydrogens is 258 g/mol. The highest BCUT2D eigenvalue weighted by Crippen LogP contribution is 2.23. The number of aromatic amines is 1. The van der Waals surface area contributed by atoms with Crippen LogP contribution >= 0.6 is 11.8 Å². The van der Waals surface area contributed by atoms with Crippen LogP contribution in [0.2, 0.25) is 0 Å². The van der Waals surface area contributed by atoms with Crippen LogP contribution in [0.3, 0.4) is 0 Å². The van der Waals surface area contributed by atoms with Gasteiger partial charge in [-0.05, 0) is 24.6 Å². The molecule has 1 aromatic heterocycles. The molecule has 0 aliphatic carbocycles. The highest BCUT2D eigenvalue weighted by molar-refractivity contribution is 8.00. The highest BCUT2D eigenvalue weighted by atomic mass is 32.2. The van der Waals surface area contributed by atoms with Crippen LogP contribution in [0.5, 0.6) is 0 Å². The van der Waals surface area contributed by atoms with Crippen molar-refractivity contribution in [3.05, 3.63) is 30.1 Å². The third-order valence-electron chi connectivity index (χ3n) is 3.55. The first-order chi connectivity index (χ1) is 9.28. The van der Waals surface area contributed by atoms with E-state index in [1.54, 1.807) is 6.33 Å². The fourth-order valence-electron chi connectivity index (χ4n) is 2.40. The van der Waals surface area contributed by atoms with Crippen molar-refractivity contribution in [3.63, 3.8) is 0 Å². The fourth-order valence-corrected chi connectivity index (χ4v) is 3.58. The molecule has 4 nitrogen and oxygen atoms in total. The summed E-state index contributed by atoms with van der Waals surface area (Å²) in [6.45, 7) is 3.89. The number of benzene rings is 1. The number of rotatable bonds is 2. The normalized spacial score (nSPS) is 19.8. The minimum atomic E-state index is 0.134. The largest absolute Gasteiger partial charge is 0.345 e. The Morgan fingerprint density at radius 2 is 2.47 bits per heavy atom. The molecule has 0 bridgehead atoms. The predicted molar refractivity (Wildman–Crippen MR) is 78.5 cm³/mol. The van der Waals surface area contributed by atoms with Gasteiger partial charge in [0.2, 0.25) is 0 Å². The maximum absolute atomic E-state index is 12.5. The van der Waals surface area contributed by atoms with Gasteiger partial charge in [-0.1, -0.05) is 6.92 Å². The Morgan fingerprint density at radius 1 is 1.58 bits per heavy atom. The van der Waals surface area contributed by atoms with Gasteiger partial charge in [-0.2, -0.15) is 11.8 Å². The van der Waals surface area contributed by atoms with Gasteiger partial charge < -0.3 is 9.88 Å². The molecule has 1 aliphatic rings. The molecule has 19 heavy (non-hydrogen) atoms. The van der Waals surface area contributed by atoms with Gasteiger partial charge in [-0.25, -0.2) is 4.98 Å². The van der Waals surface area contributed by atoms with E-state index in [9.17, 15) is 4.79 Å². The summed E-state index contributed by atoms with van der Waals surface area (Å²) in [6.07, 6.45) is 2.78. The van der Waals surface area contributed by atoms with Crippen LogP contribution in [0.4, 0.5) is 0 Å². The second-order valence-electron chi connectivity index (χ2n) is 4.79. The van der Waals surface area contributed by atoms with Crippen molar-refractivity contribution in [1.82, 2.24) is 14.9 Å². The number of imidazole rings is 1. The van der Waals surface area contributed by atoms with Gasteiger partial charge in [0.1, 0.15) is 0 Å². The minimum absolute atomic E-state index is 0.134. The number of hydrogen-bond donors (Lipinski definition) is 1. The summed E-state index contributed by atoms with van der Waals surface area (Å²) in [5.41, 5.74) is 2.57. The van der Waals surface area contributed by atoms with E-state index in [1.165, 1.54) is 0 Å². The number of thioether (sulfide) groups is 1. The van der Waals surface area contributed by atoms with Crippen LogP contribution in [-0.2, 0) is 0 Å². The number of aromatic nitrogens is 2. The molecule has 1 aliphatic heterocycles. The molecule has 1 N–H and O–H groups in total. The molecule has 0 saturated carbocycles. The lowest BCUT2D eigenvalue weighted by molar-refractivity contribution is 0.0761. The number of nitrogens with one attached hydrogen (secondary N) is 1. The van der Waals surface area contributed by atoms with Gasteiger partial charge in [0.05, 0.1) is 17.4 Å². The molecule has 1 aromatic carbocycles. The van der Waals surface area contributed by atoms with Crippen molar-refractivity contribution in [2.45, 2.75) is 18.6 Å². The van der Waals surface area contributed by atoms with Gasteiger partial charge in [0.15, 0.2) is 0 Å². The molecule has 0 radical (unpaired) electrons. The van der Waals surface area contributed by atoms with Crippen molar-refractivity contribution in [1.29, 1.82) is 0 Å². The monoisotopic (exact) mass is 275 g/mol. The first-order valence-corrected chi connectivity index (χ1v) is 7.67. The van der Waals surface area contributed by atoms with Crippen molar-refractivity contribution < 1.29 is 4.79 Å². The lowest BCUT2D eigenvalue weighted by Gasteiger charge is -2.32. The molecule has 100 valence electrons. The van der Waals surface area contributed by atoms with E-state index in [-0.39, 0.29) is 5.91 Å². The third-order valence-corrected chi connectivity index (χ3v) is 4.92. The van der Waals surface area contributed by atoms with E-state index in [0.717, 1.165) is 41.9 Å². The maximum Gasteiger partial charge on any atom is 0.253 e. The van der Waals surface area contributed by atoms with Crippen molar-refractivity contribution in [3.8, 4) is 0 Å². The molecule has 0 spiro atoms. The minimum Gasteiger partial charge on any atom is -0.345 e. The molecule has 1 saturated heterocycles. The lowest BCUT2D eigenvalue weighted by atomic mass is 10.1. The van der Waals surface area contributed by atoms with Crippen molar-refractivity contribution in [2.24, 2.45) is 0 Å². The van der Waals surface area contributed by atoms with Crippen molar-refractivity contribution >= 4 is 28.7 Å². The Hall–Kier alpha value is -1.49. The van der Waals surface area contributed by atoms with Crippen LogP contribution in [0.25, 0.3) is 11.0 Å². The molecule has 3 rings (SSSR count). The third kappa shape index (κ3) is 2.47. The Kier molecular flexibility index (Phi) is 3.46. The lowest BCUT2D eigenvalue weighted by Crippen LogP contribution is -2.41. The van der Waals surface area contributed by atoms with E-state index in [0.29, 0.717) is 5.25 Å². The maximum atomic E-state index is 12.5. The zero-order valence-electron chi connectivity index (χ0n) is 10.9. The number of amides is 1. The molecule has 1 fully saturated rings. The van der Waals surface area contributed by atoms with Gasteiger partial charge >= 0.3 is 0 Å². The average Bonchev–Trinajstić information content (AvgIpc) is 2.94. The van der Waals surface area contributed by atoms with E-state index in [2.05, 4.69) is 16.9 Å². The molecule has 1 atom stereocenters. The second kappa shape index (κ2) is 5.25. The molecular formula is C14H17N3OS. The summed E-state index contributed by atoms with van der Waals surface area (Å²) in [4.78, 5) is 21.7. The molecule has 2 aromatic rings. The van der Waals surface area contributed by atoms with E-state index >= 15 is 0 Å². The summed E-state index contributed by atoms with van der Waals surface area (Å²) in [7, 11) is 0. The summed E-state index contributed by atoms with van der Waals surface area (Å²) < 4.78 is 0. The standard InChI is InChI=1S/C14H17N3OS/c1-2-11-8-17(5-6-19-11)14(18)10-3-4-12-13(7-10)16-9-15-12/h3-4,7,9,11H,2,5-6,8H2,1H3,(H,15,16). The predicted octanol–water partition coefficient (Wildman–Crippen LogP) is 2.53. The summed E-state index contributed by atoms with van der Waals surface area (Å²) in [5.74, 6) is 1.17. The summed E-state index contributed by atoms with van der Waals surface area (Å²) in [6, 6.07) is 5.66. The zero-order valence-corrected chi connectivity index (χ0v) is 11.7. The molecule has 2 heterocycles. The van der Waals surface area contributed by atoms with Gasteiger partial charge in [0, 0.05) is 29.7 Å². The second-order valence-corrected chi connectivity index (χ2v) is 6.19. The number of H-pyrrole nitrogens is 1. The first-order valence-electron chi connectivity index (χ1n) is 6.62. The van der Waals surface area contributed by atoms with E-state index in [1.807, 2.05) is 34.9 Å². The Morgan fingerprint density at radius 3 is 3.32 bits per heavy atom. The Balaban J connectivity index is 1.82. The zero-order chi connectivity index (χ0) is 13.2. The highest BCUT2D eigenvalue weighted by Gasteiger charge is 2.23. The number of nitrogens with zero attached hydrogens (tertiary/aromatic N) is 2. The topological polar surface area (TPSA) is 49.0 Å². The van der Waals surface area contributed by atoms with E-state index in [4.69, 9.17) is 0 Å². The first kappa shape index (κ1) is 12.5. The fraction of sp³-hybridized carbons (Fsp3) is 0.429. The Labute approximate surface area is 116 Å². The molecule has 1 unspecified atom stereocenters. The van der Waals surface area contributed by atoms with Crippen LogP contribution in [-0.4, -0.2) is 44.9 Å². The summed E-state index contributed by atoms with van der Waals surface area (Å²) >= 11 is 1.97. The SMILES string of the molecule is CCC1CN(C(=O)c2ccc3nc[nH]c3c2)CCS1. The van der Waals surface area contributed by atoms with E-state index < -0.39 is 0 Å².